The van der Waals surface area contributed by atoms with Crippen LogP contribution in [0.1, 0.15) is 66.1 Å². The normalized spacial score (nSPS) is 13.9. The lowest BCUT2D eigenvalue weighted by molar-refractivity contribution is 0.0461. The predicted molar refractivity (Wildman–Crippen MR) is 90.6 cm³/mol. The predicted octanol–water partition coefficient (Wildman–Crippen LogP) is 3.45. The number of likely N-dealkylation sites (N-methyl/N-ethyl adjacent to an activating group) is 2. The van der Waals surface area contributed by atoms with E-state index in [-0.39, 0.29) is 5.54 Å². The summed E-state index contributed by atoms with van der Waals surface area (Å²) >= 11 is 0. The van der Waals surface area contributed by atoms with Crippen molar-refractivity contribution >= 4 is 0 Å². The van der Waals surface area contributed by atoms with Crippen LogP contribution >= 0.6 is 0 Å². The maximum atomic E-state index is 4.49. The van der Waals surface area contributed by atoms with Gasteiger partial charge >= 0.3 is 0 Å². The zero-order chi connectivity index (χ0) is 15.9. The van der Waals surface area contributed by atoms with Crippen molar-refractivity contribution in [3.05, 3.63) is 18.0 Å². The molecule has 1 aromatic heterocycles. The highest BCUT2D eigenvalue weighted by atomic mass is 15.3. The summed E-state index contributed by atoms with van der Waals surface area (Å²) in [5.74, 6) is 0. The Morgan fingerprint density at radius 2 is 1.76 bits per heavy atom. The van der Waals surface area contributed by atoms with Gasteiger partial charge in [-0.25, -0.2) is 0 Å². The van der Waals surface area contributed by atoms with Crippen molar-refractivity contribution in [3.8, 4) is 0 Å². The summed E-state index contributed by atoms with van der Waals surface area (Å²) < 4.78 is 2.14. The lowest BCUT2D eigenvalue weighted by atomic mass is 9.80. The van der Waals surface area contributed by atoms with Gasteiger partial charge in [-0.3, -0.25) is 9.58 Å². The first-order valence-corrected chi connectivity index (χ1v) is 8.65. The summed E-state index contributed by atoms with van der Waals surface area (Å²) in [5, 5.41) is 8.24. The molecule has 1 N–H and O–H groups in total. The molecule has 0 saturated carbocycles. The molecule has 1 rings (SSSR count). The highest BCUT2D eigenvalue weighted by molar-refractivity contribution is 5.16. The number of nitrogens with zero attached hydrogens (tertiary/aromatic N) is 3. The first-order chi connectivity index (χ1) is 10.1. The van der Waals surface area contributed by atoms with Crippen LogP contribution in [-0.2, 0) is 6.54 Å². The standard InChI is InChI=1S/C17H34N4/c1-7-17(8-2,20(10-4)11-5)16(18-9-3)15-13-14-19-21(15)12-6/h13-14,16,18H,7-12H2,1-6H3. The second-order valence-corrected chi connectivity index (χ2v) is 5.55. The fourth-order valence-electron chi connectivity index (χ4n) is 3.77. The number of hydrogen-bond donors (Lipinski definition) is 1. The van der Waals surface area contributed by atoms with E-state index in [9.17, 15) is 0 Å². The Kier molecular flexibility index (Phi) is 7.40. The van der Waals surface area contributed by atoms with Gasteiger partial charge in [-0.15, -0.1) is 0 Å². The highest BCUT2D eigenvalue weighted by Gasteiger charge is 2.41. The van der Waals surface area contributed by atoms with Gasteiger partial charge in [0.1, 0.15) is 0 Å². The monoisotopic (exact) mass is 294 g/mol. The molecule has 4 heteroatoms. The molecule has 0 aliphatic heterocycles. The third kappa shape index (κ3) is 3.49. The Bertz CT molecular complexity index is 391. The Morgan fingerprint density at radius 1 is 1.14 bits per heavy atom. The fourth-order valence-corrected chi connectivity index (χ4v) is 3.77. The van der Waals surface area contributed by atoms with Crippen LogP contribution in [0.5, 0.6) is 0 Å². The number of nitrogens with one attached hydrogen (secondary N) is 1. The maximum Gasteiger partial charge on any atom is 0.0678 e. The Labute approximate surface area is 130 Å². The van der Waals surface area contributed by atoms with Crippen molar-refractivity contribution in [2.24, 2.45) is 0 Å². The van der Waals surface area contributed by atoms with E-state index in [1.54, 1.807) is 0 Å². The Hall–Kier alpha value is -0.870. The first-order valence-electron chi connectivity index (χ1n) is 8.65. The first kappa shape index (κ1) is 18.2. The summed E-state index contributed by atoms with van der Waals surface area (Å²) in [6.45, 7) is 17.6. The van der Waals surface area contributed by atoms with E-state index in [4.69, 9.17) is 0 Å². The molecule has 0 saturated heterocycles. The van der Waals surface area contributed by atoms with Crippen LogP contribution in [0.2, 0.25) is 0 Å². The van der Waals surface area contributed by atoms with E-state index in [1.807, 2.05) is 6.20 Å². The van der Waals surface area contributed by atoms with Crippen molar-refractivity contribution in [1.29, 1.82) is 0 Å². The average Bonchev–Trinajstić information content (AvgIpc) is 2.99. The van der Waals surface area contributed by atoms with Crippen LogP contribution in [0, 0.1) is 0 Å². The summed E-state index contributed by atoms with van der Waals surface area (Å²) in [4.78, 5) is 2.62. The minimum atomic E-state index is 0.145. The van der Waals surface area contributed by atoms with Crippen LogP contribution in [0.25, 0.3) is 0 Å². The van der Waals surface area contributed by atoms with Gasteiger partial charge < -0.3 is 5.32 Å². The molecule has 1 aromatic rings. The summed E-state index contributed by atoms with van der Waals surface area (Å²) in [5.41, 5.74) is 1.46. The van der Waals surface area contributed by atoms with Crippen molar-refractivity contribution < 1.29 is 0 Å². The zero-order valence-corrected chi connectivity index (χ0v) is 14.8. The van der Waals surface area contributed by atoms with Crippen molar-refractivity contribution in [2.75, 3.05) is 19.6 Å². The second kappa shape index (κ2) is 8.54. The quantitative estimate of drug-likeness (QED) is 0.717. The van der Waals surface area contributed by atoms with Gasteiger partial charge in [-0.1, -0.05) is 34.6 Å². The zero-order valence-electron chi connectivity index (χ0n) is 14.8. The van der Waals surface area contributed by atoms with E-state index in [1.165, 1.54) is 5.69 Å². The summed E-state index contributed by atoms with van der Waals surface area (Å²) in [6, 6.07) is 2.50. The van der Waals surface area contributed by atoms with Crippen LogP contribution in [0.15, 0.2) is 12.3 Å². The van der Waals surface area contributed by atoms with Crippen LogP contribution in [0.3, 0.4) is 0 Å². The number of rotatable bonds is 10. The lowest BCUT2D eigenvalue weighted by Crippen LogP contribution is -2.56. The Morgan fingerprint density at radius 3 is 2.19 bits per heavy atom. The lowest BCUT2D eigenvalue weighted by Gasteiger charge is -2.48. The van der Waals surface area contributed by atoms with Gasteiger partial charge in [0.05, 0.1) is 11.7 Å². The maximum absolute atomic E-state index is 4.49. The smallest absolute Gasteiger partial charge is 0.0678 e. The minimum Gasteiger partial charge on any atom is -0.307 e. The van der Waals surface area contributed by atoms with Crippen molar-refractivity contribution in [1.82, 2.24) is 20.0 Å². The molecule has 1 heterocycles. The third-order valence-electron chi connectivity index (χ3n) is 4.91. The molecule has 0 amide bonds. The molecule has 0 aliphatic rings. The van der Waals surface area contributed by atoms with Crippen molar-refractivity contribution in [3.63, 3.8) is 0 Å². The van der Waals surface area contributed by atoms with Gasteiger partial charge in [-0.05, 0) is 45.5 Å². The molecule has 1 unspecified atom stereocenters. The molecule has 4 nitrogen and oxygen atoms in total. The average molecular weight is 294 g/mol. The van der Waals surface area contributed by atoms with Crippen LogP contribution in [-0.4, -0.2) is 39.9 Å². The largest absolute Gasteiger partial charge is 0.307 e. The van der Waals surface area contributed by atoms with Gasteiger partial charge in [0.15, 0.2) is 0 Å². The number of aryl methyl sites for hydroxylation is 1. The minimum absolute atomic E-state index is 0.145. The summed E-state index contributed by atoms with van der Waals surface area (Å²) in [6.07, 6.45) is 4.21. The fraction of sp³-hybridized carbons (Fsp3) is 0.824. The molecule has 0 bridgehead atoms. The molecule has 0 radical (unpaired) electrons. The van der Waals surface area contributed by atoms with E-state index in [0.29, 0.717) is 6.04 Å². The molecule has 0 aliphatic carbocycles. The number of hydrogen-bond acceptors (Lipinski definition) is 3. The van der Waals surface area contributed by atoms with Gasteiger partial charge in [0.2, 0.25) is 0 Å². The summed E-state index contributed by atoms with van der Waals surface area (Å²) in [7, 11) is 0. The highest BCUT2D eigenvalue weighted by Crippen LogP contribution is 2.37. The van der Waals surface area contributed by atoms with Crippen LogP contribution in [0.4, 0.5) is 0 Å². The van der Waals surface area contributed by atoms with E-state index in [0.717, 1.165) is 39.0 Å². The van der Waals surface area contributed by atoms with E-state index >= 15 is 0 Å². The van der Waals surface area contributed by atoms with Gasteiger partial charge in [0, 0.05) is 18.3 Å². The van der Waals surface area contributed by atoms with Gasteiger partial charge in [0.25, 0.3) is 0 Å². The SMILES string of the molecule is CCNC(c1ccnn1CC)C(CC)(CC)N(CC)CC. The van der Waals surface area contributed by atoms with E-state index in [2.05, 4.69) is 67.6 Å². The second-order valence-electron chi connectivity index (χ2n) is 5.55. The molecule has 21 heavy (non-hydrogen) atoms. The third-order valence-corrected chi connectivity index (χ3v) is 4.91. The van der Waals surface area contributed by atoms with Crippen molar-refractivity contribution in [2.45, 2.75) is 72.5 Å². The van der Waals surface area contributed by atoms with E-state index < -0.39 is 0 Å². The molecular weight excluding hydrogens is 260 g/mol. The molecule has 1 atom stereocenters. The van der Waals surface area contributed by atoms with Gasteiger partial charge in [-0.2, -0.15) is 5.10 Å². The Balaban J connectivity index is 3.32. The molecular formula is C17H34N4. The number of aromatic nitrogens is 2. The topological polar surface area (TPSA) is 33.1 Å². The molecule has 0 aromatic carbocycles. The molecule has 122 valence electrons. The molecule has 0 fully saturated rings. The molecule has 0 spiro atoms. The van der Waals surface area contributed by atoms with Crippen LogP contribution < -0.4 is 5.32 Å².